The second-order valence-corrected chi connectivity index (χ2v) is 8.05. The molecule has 1 N–H and O–H groups in total. The summed E-state index contributed by atoms with van der Waals surface area (Å²) in [6.07, 6.45) is 0.774. The van der Waals surface area contributed by atoms with Gasteiger partial charge in [-0.1, -0.05) is 18.2 Å². The van der Waals surface area contributed by atoms with Gasteiger partial charge in [-0.05, 0) is 45.9 Å². The van der Waals surface area contributed by atoms with Gasteiger partial charge in [0.1, 0.15) is 17.6 Å². The molecule has 1 heterocycles. The van der Waals surface area contributed by atoms with Crippen molar-refractivity contribution in [2.24, 2.45) is 10.4 Å². The van der Waals surface area contributed by atoms with Gasteiger partial charge < -0.3 is 19.5 Å². The highest BCUT2D eigenvalue weighted by atomic mass is 16.6. The van der Waals surface area contributed by atoms with E-state index < -0.39 is 23.1 Å². The van der Waals surface area contributed by atoms with Crippen LogP contribution < -0.4 is 5.32 Å². The molecule has 0 aromatic heterocycles. The molecule has 2 unspecified atom stereocenters. The minimum atomic E-state index is -1.35. The Morgan fingerprint density at radius 2 is 1.88 bits per heavy atom. The summed E-state index contributed by atoms with van der Waals surface area (Å²) >= 11 is 0. The lowest BCUT2D eigenvalue weighted by Gasteiger charge is -2.36. The summed E-state index contributed by atoms with van der Waals surface area (Å²) in [5.74, 6) is -0.533. The second-order valence-electron chi connectivity index (χ2n) is 8.05. The molecule has 8 nitrogen and oxygen atoms in total. The Labute approximate surface area is 187 Å². The summed E-state index contributed by atoms with van der Waals surface area (Å²) < 4.78 is 17.3. The summed E-state index contributed by atoms with van der Waals surface area (Å²) in [7, 11) is 0. The zero-order valence-corrected chi connectivity index (χ0v) is 18.6. The third-order valence-electron chi connectivity index (χ3n) is 5.30. The smallest absolute Gasteiger partial charge is 0.321 e. The molecular weight excluding hydrogens is 408 g/mol. The van der Waals surface area contributed by atoms with Crippen LogP contribution in [0.2, 0.25) is 0 Å². The maximum absolute atomic E-state index is 13.4. The van der Waals surface area contributed by atoms with Crippen molar-refractivity contribution in [3.8, 4) is 12.1 Å². The quantitative estimate of drug-likeness (QED) is 0.427. The number of carbonyl (C=O) groups is 1. The molecular formula is C24H26N4O4. The number of hydrogen-bond acceptors (Lipinski definition) is 7. The third kappa shape index (κ3) is 4.23. The van der Waals surface area contributed by atoms with Gasteiger partial charge in [0.25, 0.3) is 6.02 Å². The number of carbonyl (C=O) groups excluding carboxylic acids is 1. The van der Waals surface area contributed by atoms with Crippen molar-refractivity contribution in [3.63, 3.8) is 0 Å². The van der Waals surface area contributed by atoms with Gasteiger partial charge in [-0.2, -0.15) is 15.5 Å². The first-order valence-electron chi connectivity index (χ1n) is 10.5. The monoisotopic (exact) mass is 434 g/mol. The molecule has 8 heteroatoms. The average molecular weight is 434 g/mol. The Balaban J connectivity index is 2.17. The summed E-state index contributed by atoms with van der Waals surface area (Å²) in [5.41, 5.74) is -0.862. The molecule has 166 valence electrons. The van der Waals surface area contributed by atoms with Crippen molar-refractivity contribution < 1.29 is 19.0 Å². The molecule has 0 spiro atoms. The molecule has 0 radical (unpaired) electrons. The number of aliphatic imine (C=N–C) groups is 1. The number of amidine groups is 1. The van der Waals surface area contributed by atoms with E-state index in [1.54, 1.807) is 6.92 Å². The Morgan fingerprint density at radius 3 is 2.47 bits per heavy atom. The minimum Gasteiger partial charge on any atom is -0.465 e. The summed E-state index contributed by atoms with van der Waals surface area (Å²) in [5, 5.41) is 22.6. The zero-order valence-electron chi connectivity index (χ0n) is 18.6. The Kier molecular flexibility index (Phi) is 6.67. The van der Waals surface area contributed by atoms with Gasteiger partial charge in [0.2, 0.25) is 0 Å². The number of benzene rings is 1. The van der Waals surface area contributed by atoms with Crippen LogP contribution in [0.4, 0.5) is 5.69 Å². The van der Waals surface area contributed by atoms with Crippen molar-refractivity contribution in [2.45, 2.75) is 45.8 Å². The van der Waals surface area contributed by atoms with E-state index >= 15 is 0 Å². The molecule has 1 fully saturated rings. The number of rotatable bonds is 5. The zero-order chi connectivity index (χ0) is 23.4. The van der Waals surface area contributed by atoms with Crippen LogP contribution in [0.1, 0.15) is 34.1 Å². The van der Waals surface area contributed by atoms with Gasteiger partial charge in [0.05, 0.1) is 41.7 Å². The maximum atomic E-state index is 13.4. The predicted molar refractivity (Wildman–Crippen MR) is 117 cm³/mol. The van der Waals surface area contributed by atoms with E-state index in [0.717, 1.165) is 0 Å². The SMILES string of the molecule is CCOC(=O)C12CC(C)(C)OC1C(C#N)=C(C#N)C=C2NC(=Nc1ccccc1)OCC. The van der Waals surface area contributed by atoms with E-state index in [1.165, 1.54) is 6.08 Å². The summed E-state index contributed by atoms with van der Waals surface area (Å²) in [6, 6.07) is 13.5. The van der Waals surface area contributed by atoms with Crippen molar-refractivity contribution in [2.75, 3.05) is 13.2 Å². The predicted octanol–water partition coefficient (Wildman–Crippen LogP) is 3.66. The third-order valence-corrected chi connectivity index (χ3v) is 5.30. The van der Waals surface area contributed by atoms with Crippen LogP contribution in [0.25, 0.3) is 0 Å². The van der Waals surface area contributed by atoms with Crippen molar-refractivity contribution in [3.05, 3.63) is 53.3 Å². The number of esters is 1. The van der Waals surface area contributed by atoms with E-state index in [1.807, 2.05) is 57.2 Å². The lowest BCUT2D eigenvalue weighted by molar-refractivity contribution is -0.155. The number of allylic oxidation sites excluding steroid dienone is 2. The van der Waals surface area contributed by atoms with Crippen LogP contribution in [0.5, 0.6) is 0 Å². The first-order chi connectivity index (χ1) is 15.3. The number of nitrogens with one attached hydrogen (secondary N) is 1. The number of hydrogen-bond donors (Lipinski definition) is 1. The highest BCUT2D eigenvalue weighted by Crippen LogP contribution is 2.54. The van der Waals surface area contributed by atoms with Gasteiger partial charge in [-0.25, -0.2) is 0 Å². The topological polar surface area (TPSA) is 117 Å². The molecule has 1 saturated heterocycles. The molecule has 1 aromatic carbocycles. The fourth-order valence-electron chi connectivity index (χ4n) is 4.14. The molecule has 2 atom stereocenters. The van der Waals surface area contributed by atoms with Crippen LogP contribution in [-0.2, 0) is 19.0 Å². The Bertz CT molecular complexity index is 1060. The van der Waals surface area contributed by atoms with Crippen LogP contribution in [0.3, 0.4) is 0 Å². The molecule has 2 aliphatic rings. The van der Waals surface area contributed by atoms with E-state index in [9.17, 15) is 15.3 Å². The van der Waals surface area contributed by atoms with Gasteiger partial charge in [-0.15, -0.1) is 0 Å². The molecule has 3 rings (SSSR count). The first-order valence-corrected chi connectivity index (χ1v) is 10.5. The van der Waals surface area contributed by atoms with E-state index in [4.69, 9.17) is 14.2 Å². The van der Waals surface area contributed by atoms with Crippen molar-refractivity contribution in [1.29, 1.82) is 10.5 Å². The van der Waals surface area contributed by atoms with Gasteiger partial charge in [-0.3, -0.25) is 4.79 Å². The maximum Gasteiger partial charge on any atom is 0.321 e. The summed E-state index contributed by atoms with van der Waals surface area (Å²) in [6.45, 7) is 7.70. The van der Waals surface area contributed by atoms with Crippen LogP contribution in [0.15, 0.2) is 58.2 Å². The van der Waals surface area contributed by atoms with Gasteiger partial charge >= 0.3 is 5.97 Å². The van der Waals surface area contributed by atoms with E-state index in [-0.39, 0.29) is 30.2 Å². The van der Waals surface area contributed by atoms with Crippen molar-refractivity contribution in [1.82, 2.24) is 5.32 Å². The molecule has 1 aliphatic carbocycles. The molecule has 1 aliphatic heterocycles. The fourth-order valence-corrected chi connectivity index (χ4v) is 4.14. The average Bonchev–Trinajstić information content (AvgIpc) is 3.06. The summed E-state index contributed by atoms with van der Waals surface area (Å²) in [4.78, 5) is 17.9. The highest BCUT2D eigenvalue weighted by Gasteiger charge is 2.63. The van der Waals surface area contributed by atoms with E-state index in [0.29, 0.717) is 18.0 Å². The number of ether oxygens (including phenoxy) is 3. The van der Waals surface area contributed by atoms with Gasteiger partial charge in [0.15, 0.2) is 0 Å². The van der Waals surface area contributed by atoms with E-state index in [2.05, 4.69) is 16.4 Å². The highest BCUT2D eigenvalue weighted by molar-refractivity contribution is 5.88. The van der Waals surface area contributed by atoms with Crippen LogP contribution in [-0.4, -0.2) is 36.9 Å². The molecule has 0 saturated carbocycles. The first kappa shape index (κ1) is 23.1. The van der Waals surface area contributed by atoms with Crippen molar-refractivity contribution >= 4 is 17.7 Å². The second kappa shape index (κ2) is 9.25. The molecule has 0 bridgehead atoms. The largest absolute Gasteiger partial charge is 0.465 e. The lowest BCUT2D eigenvalue weighted by Crippen LogP contribution is -2.50. The van der Waals surface area contributed by atoms with Crippen LogP contribution >= 0.6 is 0 Å². The van der Waals surface area contributed by atoms with Gasteiger partial charge in [0, 0.05) is 12.1 Å². The number of para-hydroxylation sites is 1. The lowest BCUT2D eigenvalue weighted by atomic mass is 9.69. The molecule has 1 aromatic rings. The number of fused-ring (bicyclic) bond motifs is 1. The fraction of sp³-hybridized carbons (Fsp3) is 0.417. The Hall–Kier alpha value is -3.62. The molecule has 0 amide bonds. The van der Waals surface area contributed by atoms with Crippen LogP contribution in [0, 0.1) is 28.1 Å². The number of nitrogens with zero attached hydrogens (tertiary/aromatic N) is 3. The molecule has 32 heavy (non-hydrogen) atoms. The number of nitriles is 2. The normalized spacial score (nSPS) is 24.0. The minimum absolute atomic E-state index is 0.106. The standard InChI is InChI=1S/C24H26N4O4/c1-5-30-21(29)24-15-23(3,4)32-20(24)18(14-26)16(13-25)12-19(24)28-22(31-6-2)27-17-10-8-7-9-11-17/h7-12,20H,5-6,15H2,1-4H3,(H,27,28). The Morgan fingerprint density at radius 1 is 1.19 bits per heavy atom.